The summed E-state index contributed by atoms with van der Waals surface area (Å²) in [6.45, 7) is 0. The van der Waals surface area contributed by atoms with Crippen LogP contribution in [0.25, 0.3) is 0 Å². The molecule has 0 aromatic carbocycles. The highest BCUT2D eigenvalue weighted by molar-refractivity contribution is 7.87. The Balaban J connectivity index is 4.65. The van der Waals surface area contributed by atoms with Crippen molar-refractivity contribution < 1.29 is 25.8 Å². The second-order valence-corrected chi connectivity index (χ2v) is 2.61. The van der Waals surface area contributed by atoms with Crippen LogP contribution in [0, 0.1) is 11.5 Å². The predicted molar refractivity (Wildman–Crippen MR) is 21.7 cm³/mol. The molecule has 0 atom stereocenters. The van der Waals surface area contributed by atoms with Crippen molar-refractivity contribution in [2.24, 2.45) is 0 Å². The second kappa shape index (κ2) is 2.34. The molecular weight excluding hydrogens is 175 g/mol. The maximum atomic E-state index is 11.2. The molecule has 0 bridgehead atoms. The highest BCUT2D eigenvalue weighted by Crippen LogP contribution is 2.23. The maximum absolute atomic E-state index is 11.2. The van der Waals surface area contributed by atoms with Crippen LogP contribution < -0.4 is 0 Å². The summed E-state index contributed by atoms with van der Waals surface area (Å²) in [4.78, 5) is 0. The van der Waals surface area contributed by atoms with Crippen molar-refractivity contribution in [3.05, 3.63) is 0 Å². The molecule has 0 saturated carbocycles. The van der Waals surface area contributed by atoms with Crippen molar-refractivity contribution >= 4 is 10.1 Å². The Morgan fingerprint density at radius 1 is 1.40 bits per heavy atom. The first kappa shape index (κ1) is 9.03. The fourth-order valence-corrected chi connectivity index (χ4v) is 0.289. The van der Waals surface area contributed by atoms with Gasteiger partial charge in [0, 0.05) is 0 Å². The third-order valence-electron chi connectivity index (χ3n) is 0.430. The predicted octanol–water partition coefficient (Wildman–Crippen LogP) is 0.334. The van der Waals surface area contributed by atoms with E-state index < -0.39 is 15.6 Å². The molecule has 0 saturated heterocycles. The van der Waals surface area contributed by atoms with Crippen molar-refractivity contribution in [3.63, 3.8) is 0 Å². The van der Waals surface area contributed by atoms with Crippen LogP contribution in [0.1, 0.15) is 0 Å². The Bertz CT molecular complexity index is 246. The van der Waals surface area contributed by atoms with Gasteiger partial charge in [-0.25, -0.2) is 0 Å². The number of nitrogens with zero attached hydrogens (tertiary/aromatic N) is 1. The lowest BCUT2D eigenvalue weighted by atomic mass is 11.6. The minimum atomic E-state index is -5.71. The van der Waals surface area contributed by atoms with E-state index in [-0.39, 0.29) is 0 Å². The molecule has 0 amide bonds. The normalized spacial score (nSPS) is 12.2. The first-order chi connectivity index (χ1) is 4.31. The summed E-state index contributed by atoms with van der Waals surface area (Å²) in [5.41, 5.74) is -5.53. The first-order valence-electron chi connectivity index (χ1n) is 1.70. The van der Waals surface area contributed by atoms with E-state index >= 15 is 0 Å². The van der Waals surface area contributed by atoms with E-state index in [1.807, 2.05) is 0 Å². The molecule has 0 aliphatic heterocycles. The lowest BCUT2D eigenvalue weighted by molar-refractivity contribution is -0.0510. The molecule has 0 heterocycles. The number of nitriles is 1. The Kier molecular flexibility index (Phi) is 2.11. The van der Waals surface area contributed by atoms with Crippen molar-refractivity contribution in [1.82, 2.24) is 0 Å². The number of hydrogen-bond donors (Lipinski definition) is 0. The zero-order chi connectivity index (χ0) is 8.41. The summed E-state index contributed by atoms with van der Waals surface area (Å²) in [6, 6.07) is 0. The number of hydrogen-bond acceptors (Lipinski definition) is 4. The van der Waals surface area contributed by atoms with Crippen LogP contribution in [0.4, 0.5) is 13.2 Å². The van der Waals surface area contributed by atoms with Crippen molar-refractivity contribution in [2.45, 2.75) is 5.51 Å². The fourth-order valence-electron chi connectivity index (χ4n) is 0.0963. The molecule has 0 aromatic rings. The van der Waals surface area contributed by atoms with Crippen molar-refractivity contribution in [2.75, 3.05) is 0 Å². The largest absolute Gasteiger partial charge is 0.535 e. The average molecular weight is 175 g/mol. The smallest absolute Gasteiger partial charge is 0.296 e. The monoisotopic (exact) mass is 175 g/mol. The van der Waals surface area contributed by atoms with Crippen LogP contribution in [-0.2, 0) is 14.3 Å². The van der Waals surface area contributed by atoms with Gasteiger partial charge in [-0.3, -0.25) is 4.18 Å². The van der Waals surface area contributed by atoms with Crippen molar-refractivity contribution in [3.8, 4) is 6.26 Å². The Morgan fingerprint density at radius 2 is 1.80 bits per heavy atom. The molecule has 0 aliphatic rings. The van der Waals surface area contributed by atoms with Crippen LogP contribution in [-0.4, -0.2) is 13.9 Å². The SMILES string of the molecule is N#COS(=O)(=O)C(F)(F)F. The van der Waals surface area contributed by atoms with Crippen molar-refractivity contribution in [1.29, 1.82) is 5.26 Å². The zero-order valence-electron chi connectivity index (χ0n) is 4.21. The van der Waals surface area contributed by atoms with Gasteiger partial charge in [-0.1, -0.05) is 0 Å². The lowest BCUT2D eigenvalue weighted by Gasteiger charge is -2.01. The van der Waals surface area contributed by atoms with Gasteiger partial charge in [-0.05, 0) is 0 Å². The number of rotatable bonds is 1. The molecule has 0 radical (unpaired) electrons. The molecule has 8 heteroatoms. The molecule has 0 unspecified atom stereocenters. The minimum Gasteiger partial charge on any atom is -0.296 e. The Hall–Kier alpha value is -0.970. The molecule has 0 N–H and O–H groups in total. The standard InChI is InChI=1S/C2F3NO3S/c3-2(4,5)10(7,8)9-1-6. The summed E-state index contributed by atoms with van der Waals surface area (Å²) in [5, 5.41) is 7.41. The van der Waals surface area contributed by atoms with E-state index in [2.05, 4.69) is 4.18 Å². The quantitative estimate of drug-likeness (QED) is 0.327. The highest BCUT2D eigenvalue weighted by Gasteiger charge is 2.48. The topological polar surface area (TPSA) is 67.2 Å². The Labute approximate surface area is 53.9 Å². The third kappa shape index (κ3) is 1.77. The van der Waals surface area contributed by atoms with E-state index in [1.54, 1.807) is 0 Å². The lowest BCUT2D eigenvalue weighted by Crippen LogP contribution is -2.23. The van der Waals surface area contributed by atoms with Gasteiger partial charge in [-0.15, -0.1) is 5.26 Å². The summed E-state index contributed by atoms with van der Waals surface area (Å²) < 4.78 is 55.6. The molecule has 0 spiro atoms. The maximum Gasteiger partial charge on any atom is 0.535 e. The first-order valence-corrected chi connectivity index (χ1v) is 3.11. The molecule has 58 valence electrons. The Morgan fingerprint density at radius 3 is 1.90 bits per heavy atom. The van der Waals surface area contributed by atoms with Gasteiger partial charge in [-0.2, -0.15) is 21.6 Å². The molecular formula is C2F3NO3S. The molecule has 0 fully saturated rings. The summed E-state index contributed by atoms with van der Waals surface area (Å²) in [5.74, 6) is 0. The van der Waals surface area contributed by atoms with E-state index in [1.165, 1.54) is 0 Å². The number of halogens is 3. The molecule has 0 aliphatic carbocycles. The van der Waals surface area contributed by atoms with Gasteiger partial charge < -0.3 is 0 Å². The zero-order valence-corrected chi connectivity index (χ0v) is 5.03. The van der Waals surface area contributed by atoms with Crippen LogP contribution >= 0.6 is 0 Å². The van der Waals surface area contributed by atoms with E-state index in [9.17, 15) is 21.6 Å². The van der Waals surface area contributed by atoms with E-state index in [0.29, 0.717) is 6.26 Å². The van der Waals surface area contributed by atoms with Gasteiger partial charge in [0.2, 0.25) is 0 Å². The van der Waals surface area contributed by atoms with Crippen LogP contribution in [0.5, 0.6) is 0 Å². The van der Waals surface area contributed by atoms with Gasteiger partial charge >= 0.3 is 21.9 Å². The van der Waals surface area contributed by atoms with Gasteiger partial charge in [0.05, 0.1) is 0 Å². The van der Waals surface area contributed by atoms with Crippen LogP contribution in [0.2, 0.25) is 0 Å². The second-order valence-electron chi connectivity index (χ2n) is 1.07. The molecule has 4 nitrogen and oxygen atoms in total. The van der Waals surface area contributed by atoms with E-state index in [4.69, 9.17) is 5.26 Å². The van der Waals surface area contributed by atoms with Crippen LogP contribution in [0.15, 0.2) is 0 Å². The highest BCUT2D eigenvalue weighted by atomic mass is 32.2. The molecule has 0 aromatic heterocycles. The fraction of sp³-hybridized carbons (Fsp3) is 0.500. The van der Waals surface area contributed by atoms with Gasteiger partial charge in [0.1, 0.15) is 0 Å². The van der Waals surface area contributed by atoms with Crippen LogP contribution in [0.3, 0.4) is 0 Å². The number of alkyl halides is 3. The summed E-state index contributed by atoms with van der Waals surface area (Å²) in [6.07, 6.45) is 0.407. The van der Waals surface area contributed by atoms with E-state index in [0.717, 1.165) is 0 Å². The summed E-state index contributed by atoms with van der Waals surface area (Å²) in [7, 11) is -5.71. The molecule has 0 rings (SSSR count). The van der Waals surface area contributed by atoms with Gasteiger partial charge in [0.15, 0.2) is 0 Å². The van der Waals surface area contributed by atoms with Gasteiger partial charge in [0.25, 0.3) is 0 Å². The average Bonchev–Trinajstić information content (AvgIpc) is 1.61. The molecule has 10 heavy (non-hydrogen) atoms. The third-order valence-corrected chi connectivity index (χ3v) is 1.29. The summed E-state index contributed by atoms with van der Waals surface area (Å²) >= 11 is 0. The minimum absolute atomic E-state index is 0.407.